The first-order chi connectivity index (χ1) is 8.23. The van der Waals surface area contributed by atoms with E-state index in [0.717, 1.165) is 5.56 Å². The number of hydrogen-bond acceptors (Lipinski definition) is 4. The number of ether oxygens (including phenoxy) is 1. The van der Waals surface area contributed by atoms with Crippen LogP contribution in [0.4, 0.5) is 0 Å². The summed E-state index contributed by atoms with van der Waals surface area (Å²) in [4.78, 5) is 15.6. The molecular formula is C14H21NO3. The highest BCUT2D eigenvalue weighted by atomic mass is 16.5. The Hall–Kier alpha value is -1.26. The van der Waals surface area contributed by atoms with Gasteiger partial charge in [0.15, 0.2) is 5.78 Å². The minimum absolute atomic E-state index is 0.202. The quantitative estimate of drug-likeness (QED) is 0.840. The first-order valence-corrected chi connectivity index (χ1v) is 6.03. The number of carbonyl (C=O) groups excluding carboxylic acids is 1. The van der Waals surface area contributed by atoms with Crippen LogP contribution >= 0.6 is 0 Å². The van der Waals surface area contributed by atoms with Crippen LogP contribution in [0.5, 0.6) is 0 Å². The van der Waals surface area contributed by atoms with Gasteiger partial charge in [-0.1, -0.05) is 6.07 Å². The minimum atomic E-state index is -1.29. The number of Topliss-reactive ketones (excluding diaryl/α,β-unsaturated/α-hetero) is 1. The topological polar surface area (TPSA) is 59.4 Å². The molecule has 4 heteroatoms. The van der Waals surface area contributed by atoms with E-state index in [1.54, 1.807) is 12.4 Å². The molecule has 0 aliphatic carbocycles. The second kappa shape index (κ2) is 5.59. The Morgan fingerprint density at radius 3 is 2.56 bits per heavy atom. The molecule has 0 aromatic carbocycles. The molecule has 0 amide bonds. The Labute approximate surface area is 108 Å². The standard InChI is InChI=1S/C14H21NO3/c1-13(2,17)12(16)7-9-18-14(3,4)11-6-5-8-15-10-11/h5-6,8,10,17H,7,9H2,1-4H3. The van der Waals surface area contributed by atoms with Gasteiger partial charge in [0.2, 0.25) is 0 Å². The third-order valence-electron chi connectivity index (χ3n) is 2.83. The fourth-order valence-corrected chi connectivity index (χ4v) is 1.51. The maximum atomic E-state index is 11.5. The lowest BCUT2D eigenvalue weighted by Crippen LogP contribution is -2.33. The largest absolute Gasteiger partial charge is 0.383 e. The molecule has 1 aromatic heterocycles. The lowest BCUT2D eigenvalue weighted by Gasteiger charge is -2.26. The van der Waals surface area contributed by atoms with Gasteiger partial charge < -0.3 is 9.84 Å². The average Bonchev–Trinajstić information content (AvgIpc) is 2.28. The zero-order valence-corrected chi connectivity index (χ0v) is 11.4. The molecule has 1 rings (SSSR count). The molecule has 0 radical (unpaired) electrons. The second-order valence-electron chi connectivity index (χ2n) is 5.33. The minimum Gasteiger partial charge on any atom is -0.383 e. The lowest BCUT2D eigenvalue weighted by molar-refractivity contribution is -0.136. The van der Waals surface area contributed by atoms with Crippen molar-refractivity contribution in [1.29, 1.82) is 0 Å². The molecule has 0 aliphatic rings. The Balaban J connectivity index is 2.51. The van der Waals surface area contributed by atoms with E-state index in [0.29, 0.717) is 0 Å². The lowest BCUT2D eigenvalue weighted by atomic mass is 9.99. The van der Waals surface area contributed by atoms with Crippen LogP contribution in [0.15, 0.2) is 24.5 Å². The number of rotatable bonds is 6. The van der Waals surface area contributed by atoms with Crippen molar-refractivity contribution in [3.8, 4) is 0 Å². The van der Waals surface area contributed by atoms with Gasteiger partial charge in [-0.2, -0.15) is 0 Å². The zero-order valence-electron chi connectivity index (χ0n) is 11.4. The molecule has 100 valence electrons. The monoisotopic (exact) mass is 251 g/mol. The van der Waals surface area contributed by atoms with Gasteiger partial charge in [-0.05, 0) is 33.8 Å². The third kappa shape index (κ3) is 4.20. The highest BCUT2D eigenvalue weighted by Gasteiger charge is 2.25. The third-order valence-corrected chi connectivity index (χ3v) is 2.83. The molecule has 0 aliphatic heterocycles. The summed E-state index contributed by atoms with van der Waals surface area (Å²) in [6.07, 6.45) is 3.66. The van der Waals surface area contributed by atoms with Crippen molar-refractivity contribution in [2.45, 2.75) is 45.3 Å². The molecule has 1 heterocycles. The van der Waals surface area contributed by atoms with Gasteiger partial charge in [-0.15, -0.1) is 0 Å². The predicted octanol–water partition coefficient (Wildman–Crippen LogP) is 2.06. The highest BCUT2D eigenvalue weighted by Crippen LogP contribution is 2.24. The van der Waals surface area contributed by atoms with E-state index in [2.05, 4.69) is 4.98 Å². The van der Waals surface area contributed by atoms with Gasteiger partial charge in [0.1, 0.15) is 5.60 Å². The van der Waals surface area contributed by atoms with Crippen LogP contribution in [0.1, 0.15) is 39.7 Å². The van der Waals surface area contributed by atoms with E-state index in [9.17, 15) is 9.90 Å². The Morgan fingerprint density at radius 1 is 1.39 bits per heavy atom. The van der Waals surface area contributed by atoms with Gasteiger partial charge in [-0.3, -0.25) is 9.78 Å². The van der Waals surface area contributed by atoms with Crippen molar-refractivity contribution in [2.24, 2.45) is 0 Å². The number of ketones is 1. The molecular weight excluding hydrogens is 230 g/mol. The molecule has 0 bridgehead atoms. The van der Waals surface area contributed by atoms with E-state index in [-0.39, 0.29) is 18.8 Å². The van der Waals surface area contributed by atoms with Crippen LogP contribution in [0.25, 0.3) is 0 Å². The molecule has 0 unspecified atom stereocenters. The predicted molar refractivity (Wildman–Crippen MR) is 69.1 cm³/mol. The molecule has 4 nitrogen and oxygen atoms in total. The number of carbonyl (C=O) groups is 1. The van der Waals surface area contributed by atoms with Crippen LogP contribution in [-0.4, -0.2) is 28.1 Å². The second-order valence-corrected chi connectivity index (χ2v) is 5.33. The van der Waals surface area contributed by atoms with Gasteiger partial charge in [-0.25, -0.2) is 0 Å². The van der Waals surface area contributed by atoms with Crippen LogP contribution in [0.2, 0.25) is 0 Å². The highest BCUT2D eigenvalue weighted by molar-refractivity contribution is 5.86. The van der Waals surface area contributed by atoms with Crippen molar-refractivity contribution in [3.05, 3.63) is 30.1 Å². The van der Waals surface area contributed by atoms with E-state index < -0.39 is 11.2 Å². The van der Waals surface area contributed by atoms with Crippen molar-refractivity contribution < 1.29 is 14.6 Å². The first kappa shape index (κ1) is 14.8. The number of aromatic nitrogens is 1. The summed E-state index contributed by atoms with van der Waals surface area (Å²) in [5.74, 6) is -0.218. The summed E-state index contributed by atoms with van der Waals surface area (Å²) < 4.78 is 5.71. The van der Waals surface area contributed by atoms with Gasteiger partial charge in [0, 0.05) is 24.4 Å². The van der Waals surface area contributed by atoms with Crippen molar-refractivity contribution in [1.82, 2.24) is 4.98 Å². The Morgan fingerprint density at radius 2 is 2.06 bits per heavy atom. The molecule has 1 aromatic rings. The first-order valence-electron chi connectivity index (χ1n) is 6.03. The van der Waals surface area contributed by atoms with Gasteiger partial charge >= 0.3 is 0 Å². The SMILES string of the molecule is CC(C)(O)C(=O)CCOC(C)(C)c1cccnc1. The van der Waals surface area contributed by atoms with E-state index in [4.69, 9.17) is 4.74 Å². The van der Waals surface area contributed by atoms with Crippen LogP contribution in [0, 0.1) is 0 Å². The molecule has 0 saturated heterocycles. The Kier molecular flexibility index (Phi) is 4.59. The number of nitrogens with zero attached hydrogens (tertiary/aromatic N) is 1. The smallest absolute Gasteiger partial charge is 0.166 e. The van der Waals surface area contributed by atoms with Crippen molar-refractivity contribution in [2.75, 3.05) is 6.61 Å². The molecule has 18 heavy (non-hydrogen) atoms. The molecule has 0 atom stereocenters. The summed E-state index contributed by atoms with van der Waals surface area (Å²) in [7, 11) is 0. The van der Waals surface area contributed by atoms with Crippen molar-refractivity contribution >= 4 is 5.78 Å². The summed E-state index contributed by atoms with van der Waals surface area (Å²) in [6, 6.07) is 3.78. The van der Waals surface area contributed by atoms with E-state index in [1.807, 2.05) is 26.0 Å². The zero-order chi connectivity index (χ0) is 13.8. The van der Waals surface area contributed by atoms with Crippen LogP contribution in [-0.2, 0) is 15.1 Å². The van der Waals surface area contributed by atoms with Gasteiger partial charge in [0.25, 0.3) is 0 Å². The summed E-state index contributed by atoms with van der Waals surface area (Å²) in [6.45, 7) is 7.12. The summed E-state index contributed by atoms with van der Waals surface area (Å²) >= 11 is 0. The van der Waals surface area contributed by atoms with Crippen LogP contribution in [0.3, 0.4) is 0 Å². The molecule has 0 saturated carbocycles. The molecule has 0 fully saturated rings. The fourth-order valence-electron chi connectivity index (χ4n) is 1.51. The molecule has 0 spiro atoms. The number of aliphatic hydroxyl groups is 1. The van der Waals surface area contributed by atoms with Crippen LogP contribution < -0.4 is 0 Å². The number of hydrogen-bond donors (Lipinski definition) is 1. The maximum Gasteiger partial charge on any atom is 0.166 e. The van der Waals surface area contributed by atoms with Gasteiger partial charge in [0.05, 0.1) is 12.2 Å². The fraction of sp³-hybridized carbons (Fsp3) is 0.571. The average molecular weight is 251 g/mol. The maximum absolute atomic E-state index is 11.5. The summed E-state index contributed by atoms with van der Waals surface area (Å²) in [5, 5.41) is 9.52. The Bertz CT molecular complexity index is 393. The van der Waals surface area contributed by atoms with Crippen molar-refractivity contribution in [3.63, 3.8) is 0 Å². The normalized spacial score (nSPS) is 12.5. The summed E-state index contributed by atoms with van der Waals surface area (Å²) in [5.41, 5.74) is -0.823. The van der Waals surface area contributed by atoms with E-state index >= 15 is 0 Å². The van der Waals surface area contributed by atoms with E-state index in [1.165, 1.54) is 13.8 Å². The number of pyridine rings is 1. The molecule has 1 N–H and O–H groups in total.